The van der Waals surface area contributed by atoms with Crippen LogP contribution in [0.2, 0.25) is 0 Å². The molecule has 0 rings (SSSR count). The van der Waals surface area contributed by atoms with Gasteiger partial charge in [-0.25, -0.2) is 0 Å². The molecule has 0 aliphatic heterocycles. The highest BCUT2D eigenvalue weighted by atomic mass is 31.2. The molecule has 1 unspecified atom stereocenters. The molecule has 0 aromatic carbocycles. The first-order valence-corrected chi connectivity index (χ1v) is 5.03. The average molecular weight is 166 g/mol. The SMILES string of the molecule is C=P(O)(OCC)OC(C)C. The van der Waals surface area contributed by atoms with Gasteiger partial charge in [0.15, 0.2) is 0 Å². The van der Waals surface area contributed by atoms with Gasteiger partial charge < -0.3 is 13.9 Å². The zero-order valence-electron chi connectivity index (χ0n) is 6.70. The lowest BCUT2D eigenvalue weighted by atomic mass is 10.5. The quantitative estimate of drug-likeness (QED) is 0.645. The molecule has 4 heteroatoms. The molecule has 1 atom stereocenters. The van der Waals surface area contributed by atoms with E-state index in [1.807, 2.05) is 13.8 Å². The number of hydrogen-bond acceptors (Lipinski definition) is 3. The van der Waals surface area contributed by atoms with E-state index in [2.05, 4.69) is 6.30 Å². The molecular formula is C6H15O3P. The van der Waals surface area contributed by atoms with Gasteiger partial charge >= 0.3 is 0 Å². The van der Waals surface area contributed by atoms with Gasteiger partial charge in [-0.05, 0) is 27.1 Å². The summed E-state index contributed by atoms with van der Waals surface area (Å²) < 4.78 is 9.88. The van der Waals surface area contributed by atoms with Crippen LogP contribution < -0.4 is 0 Å². The minimum atomic E-state index is -2.75. The first kappa shape index (κ1) is 10.2. The Bertz CT molecular complexity index is 133. The summed E-state index contributed by atoms with van der Waals surface area (Å²) in [5.41, 5.74) is 0. The van der Waals surface area contributed by atoms with Gasteiger partial charge in [-0.15, -0.1) is 0 Å². The van der Waals surface area contributed by atoms with Crippen LogP contribution in [0, 0.1) is 0 Å². The Labute approximate surface area is 62.2 Å². The summed E-state index contributed by atoms with van der Waals surface area (Å²) in [5, 5.41) is 0. The third-order valence-corrected chi connectivity index (χ3v) is 2.12. The van der Waals surface area contributed by atoms with E-state index >= 15 is 0 Å². The van der Waals surface area contributed by atoms with Gasteiger partial charge in [0.05, 0.1) is 12.7 Å². The zero-order valence-corrected chi connectivity index (χ0v) is 7.60. The van der Waals surface area contributed by atoms with Gasteiger partial charge in [0.1, 0.15) is 0 Å². The summed E-state index contributed by atoms with van der Waals surface area (Å²) >= 11 is 0. The first-order valence-electron chi connectivity index (χ1n) is 3.27. The molecule has 0 bridgehead atoms. The molecule has 0 saturated heterocycles. The fourth-order valence-corrected chi connectivity index (χ4v) is 1.68. The highest BCUT2D eigenvalue weighted by Gasteiger charge is 2.11. The van der Waals surface area contributed by atoms with Crippen LogP contribution in [0.1, 0.15) is 20.8 Å². The van der Waals surface area contributed by atoms with Crippen LogP contribution in [0.4, 0.5) is 0 Å². The van der Waals surface area contributed by atoms with E-state index in [1.165, 1.54) is 0 Å². The van der Waals surface area contributed by atoms with Crippen molar-refractivity contribution in [1.29, 1.82) is 0 Å². The second kappa shape index (κ2) is 4.14. The van der Waals surface area contributed by atoms with Crippen LogP contribution in [0.15, 0.2) is 0 Å². The predicted molar refractivity (Wildman–Crippen MR) is 44.1 cm³/mol. The van der Waals surface area contributed by atoms with Crippen molar-refractivity contribution in [1.82, 2.24) is 0 Å². The molecule has 0 spiro atoms. The Hall–Kier alpha value is 0.180. The van der Waals surface area contributed by atoms with Crippen molar-refractivity contribution in [3.63, 3.8) is 0 Å². The van der Waals surface area contributed by atoms with E-state index in [-0.39, 0.29) is 6.10 Å². The normalized spacial score (nSPS) is 17.3. The van der Waals surface area contributed by atoms with Crippen LogP contribution >= 0.6 is 7.57 Å². The monoisotopic (exact) mass is 166 g/mol. The van der Waals surface area contributed by atoms with Crippen molar-refractivity contribution >= 4 is 13.9 Å². The summed E-state index contributed by atoms with van der Waals surface area (Å²) in [6.45, 7) is 5.88. The number of hydrogen-bond donors (Lipinski definition) is 1. The van der Waals surface area contributed by atoms with Crippen molar-refractivity contribution in [3.05, 3.63) is 0 Å². The van der Waals surface area contributed by atoms with E-state index in [1.54, 1.807) is 6.92 Å². The topological polar surface area (TPSA) is 38.7 Å². The maximum absolute atomic E-state index is 9.24. The highest BCUT2D eigenvalue weighted by molar-refractivity contribution is 7.58. The van der Waals surface area contributed by atoms with Crippen LogP contribution in [0.3, 0.4) is 0 Å². The van der Waals surface area contributed by atoms with E-state index in [4.69, 9.17) is 9.05 Å². The lowest BCUT2D eigenvalue weighted by Crippen LogP contribution is -2.02. The molecule has 0 aliphatic carbocycles. The van der Waals surface area contributed by atoms with Crippen molar-refractivity contribution in [2.24, 2.45) is 0 Å². The van der Waals surface area contributed by atoms with Crippen LogP contribution in [-0.2, 0) is 9.05 Å². The van der Waals surface area contributed by atoms with Crippen molar-refractivity contribution in [2.45, 2.75) is 26.9 Å². The molecule has 10 heavy (non-hydrogen) atoms. The molecule has 0 aromatic rings. The van der Waals surface area contributed by atoms with E-state index < -0.39 is 7.57 Å². The van der Waals surface area contributed by atoms with Gasteiger partial charge in [0.2, 0.25) is 7.57 Å². The van der Waals surface area contributed by atoms with Crippen LogP contribution in [0.25, 0.3) is 0 Å². The maximum atomic E-state index is 9.24. The second-order valence-electron chi connectivity index (χ2n) is 2.21. The Morgan fingerprint density at radius 2 is 2.10 bits per heavy atom. The van der Waals surface area contributed by atoms with Gasteiger partial charge in [-0.1, -0.05) is 0 Å². The average Bonchev–Trinajstić information content (AvgIpc) is 1.59. The van der Waals surface area contributed by atoms with Crippen molar-refractivity contribution in [2.75, 3.05) is 6.61 Å². The summed E-state index contributed by atoms with van der Waals surface area (Å²) in [5.74, 6) is 0. The van der Waals surface area contributed by atoms with Crippen LogP contribution in [0.5, 0.6) is 0 Å². The molecule has 0 radical (unpaired) electrons. The molecule has 0 aliphatic rings. The van der Waals surface area contributed by atoms with Gasteiger partial charge in [-0.3, -0.25) is 0 Å². The Morgan fingerprint density at radius 1 is 1.60 bits per heavy atom. The standard InChI is InChI=1S/C6H15O3P/c1-5-8-10(4,7)9-6(2)3/h6-7H,4-5H2,1-3H3. The zero-order chi connectivity index (χ0) is 8.20. The summed E-state index contributed by atoms with van der Waals surface area (Å²) in [6, 6.07) is 0. The minimum Gasteiger partial charge on any atom is -0.333 e. The molecule has 0 amide bonds. The lowest BCUT2D eigenvalue weighted by Gasteiger charge is -2.19. The first-order chi connectivity index (χ1) is 4.48. The minimum absolute atomic E-state index is 0.0395. The number of rotatable bonds is 4. The lowest BCUT2D eigenvalue weighted by molar-refractivity contribution is 0.165. The smallest absolute Gasteiger partial charge is 0.248 e. The molecular weight excluding hydrogens is 151 g/mol. The molecule has 0 heterocycles. The Balaban J connectivity index is 3.75. The Morgan fingerprint density at radius 3 is 2.40 bits per heavy atom. The van der Waals surface area contributed by atoms with Crippen LogP contribution in [-0.4, -0.2) is 23.9 Å². The van der Waals surface area contributed by atoms with Crippen molar-refractivity contribution < 1.29 is 13.9 Å². The van der Waals surface area contributed by atoms with Gasteiger partial charge in [0, 0.05) is 0 Å². The molecule has 0 fully saturated rings. The van der Waals surface area contributed by atoms with E-state index in [0.717, 1.165) is 0 Å². The van der Waals surface area contributed by atoms with E-state index in [9.17, 15) is 4.89 Å². The third-order valence-electron chi connectivity index (χ3n) is 0.706. The maximum Gasteiger partial charge on any atom is 0.248 e. The highest BCUT2D eigenvalue weighted by Crippen LogP contribution is 2.43. The van der Waals surface area contributed by atoms with Gasteiger partial charge in [0.25, 0.3) is 0 Å². The molecule has 1 N–H and O–H groups in total. The second-order valence-corrected chi connectivity index (χ2v) is 3.95. The van der Waals surface area contributed by atoms with Crippen molar-refractivity contribution in [3.8, 4) is 0 Å². The summed E-state index contributed by atoms with van der Waals surface area (Å²) in [4.78, 5) is 9.24. The van der Waals surface area contributed by atoms with Gasteiger partial charge in [-0.2, -0.15) is 0 Å². The fourth-order valence-electron chi connectivity index (χ4n) is 0.562. The molecule has 62 valence electrons. The molecule has 0 saturated carbocycles. The van der Waals surface area contributed by atoms with E-state index in [0.29, 0.717) is 6.61 Å². The molecule has 0 aromatic heterocycles. The predicted octanol–water partition coefficient (Wildman–Crippen LogP) is 1.63. The summed E-state index contributed by atoms with van der Waals surface area (Å²) in [7, 11) is -2.75. The third kappa shape index (κ3) is 5.00. The summed E-state index contributed by atoms with van der Waals surface area (Å²) in [6.07, 6.45) is 3.38. The Kier molecular flexibility index (Phi) is 4.22. The largest absolute Gasteiger partial charge is 0.333 e. The fraction of sp³-hybridized carbons (Fsp3) is 0.833. The molecule has 3 nitrogen and oxygen atoms in total.